The van der Waals surface area contributed by atoms with Gasteiger partial charge in [-0.05, 0) is 12.3 Å². The molecule has 0 N–H and O–H groups in total. The summed E-state index contributed by atoms with van der Waals surface area (Å²) in [5.41, 5.74) is 0. The molecule has 1 atom stereocenters. The van der Waals surface area contributed by atoms with Gasteiger partial charge in [0.05, 0.1) is 0 Å². The average Bonchev–Trinajstić information content (AvgIpc) is 2.69. The SMILES string of the molecule is CCCCCCCCCN1CC(CCl)CC1=O. The Kier molecular flexibility index (Phi) is 7.67. The quantitative estimate of drug-likeness (QED) is 0.455. The zero-order valence-electron chi connectivity index (χ0n) is 11.1. The molecule has 0 aromatic rings. The first-order valence-corrected chi connectivity index (χ1v) is 7.65. The largest absolute Gasteiger partial charge is 0.342 e. The second kappa shape index (κ2) is 8.79. The van der Waals surface area contributed by atoms with Crippen molar-refractivity contribution < 1.29 is 4.79 Å². The van der Waals surface area contributed by atoms with Crippen LogP contribution in [-0.2, 0) is 4.79 Å². The van der Waals surface area contributed by atoms with Crippen molar-refractivity contribution in [3.8, 4) is 0 Å². The van der Waals surface area contributed by atoms with Crippen LogP contribution in [0, 0.1) is 5.92 Å². The molecule has 0 aromatic heterocycles. The van der Waals surface area contributed by atoms with Crippen LogP contribution < -0.4 is 0 Å². The molecule has 1 heterocycles. The molecule has 1 unspecified atom stereocenters. The number of halogens is 1. The first kappa shape index (κ1) is 14.8. The third kappa shape index (κ3) is 5.76. The van der Waals surface area contributed by atoms with Gasteiger partial charge in [-0.2, -0.15) is 0 Å². The highest BCUT2D eigenvalue weighted by Crippen LogP contribution is 2.19. The zero-order valence-corrected chi connectivity index (χ0v) is 11.8. The molecule has 1 saturated heterocycles. The summed E-state index contributed by atoms with van der Waals surface area (Å²) >= 11 is 5.79. The fraction of sp³-hybridized carbons (Fsp3) is 0.929. The van der Waals surface area contributed by atoms with Gasteiger partial charge in [0.1, 0.15) is 0 Å². The number of alkyl halides is 1. The van der Waals surface area contributed by atoms with Crippen LogP contribution in [0.15, 0.2) is 0 Å². The van der Waals surface area contributed by atoms with Crippen molar-refractivity contribution in [2.45, 2.75) is 58.3 Å². The third-order valence-electron chi connectivity index (χ3n) is 3.54. The van der Waals surface area contributed by atoms with Gasteiger partial charge < -0.3 is 4.90 Å². The van der Waals surface area contributed by atoms with E-state index in [9.17, 15) is 4.79 Å². The minimum atomic E-state index is 0.307. The summed E-state index contributed by atoms with van der Waals surface area (Å²) in [5.74, 6) is 1.33. The second-order valence-electron chi connectivity index (χ2n) is 5.19. The van der Waals surface area contributed by atoms with Crippen LogP contribution in [0.4, 0.5) is 0 Å². The summed E-state index contributed by atoms with van der Waals surface area (Å²) in [5, 5.41) is 0. The van der Waals surface area contributed by atoms with Gasteiger partial charge in [0, 0.05) is 25.4 Å². The van der Waals surface area contributed by atoms with E-state index in [-0.39, 0.29) is 0 Å². The summed E-state index contributed by atoms with van der Waals surface area (Å²) in [6.07, 6.45) is 9.80. The normalized spacial score (nSPS) is 20.2. The molecular weight excluding hydrogens is 234 g/mol. The van der Waals surface area contributed by atoms with Crippen molar-refractivity contribution in [2.24, 2.45) is 5.92 Å². The van der Waals surface area contributed by atoms with Gasteiger partial charge >= 0.3 is 0 Å². The van der Waals surface area contributed by atoms with E-state index in [1.807, 2.05) is 4.90 Å². The Balaban J connectivity index is 1.98. The lowest BCUT2D eigenvalue weighted by atomic mass is 10.1. The summed E-state index contributed by atoms with van der Waals surface area (Å²) in [6.45, 7) is 4.07. The molecule has 100 valence electrons. The predicted octanol–water partition coefficient (Wildman–Crippen LogP) is 3.82. The minimum Gasteiger partial charge on any atom is -0.342 e. The van der Waals surface area contributed by atoms with Crippen LogP contribution >= 0.6 is 11.6 Å². The maximum absolute atomic E-state index is 11.6. The Hall–Kier alpha value is -0.240. The fourth-order valence-corrected chi connectivity index (χ4v) is 2.64. The Morgan fingerprint density at radius 1 is 1.18 bits per heavy atom. The van der Waals surface area contributed by atoms with E-state index in [2.05, 4.69) is 6.92 Å². The van der Waals surface area contributed by atoms with Gasteiger partial charge in [-0.15, -0.1) is 11.6 Å². The number of carbonyl (C=O) groups excluding carboxylic acids is 1. The summed E-state index contributed by atoms with van der Waals surface area (Å²) in [6, 6.07) is 0. The second-order valence-corrected chi connectivity index (χ2v) is 5.49. The number of carbonyl (C=O) groups is 1. The monoisotopic (exact) mass is 259 g/mol. The van der Waals surface area contributed by atoms with Crippen LogP contribution in [0.1, 0.15) is 58.3 Å². The number of rotatable bonds is 9. The molecule has 0 aromatic carbocycles. The van der Waals surface area contributed by atoms with E-state index in [1.165, 1.54) is 38.5 Å². The van der Waals surface area contributed by atoms with Crippen molar-refractivity contribution >= 4 is 17.5 Å². The number of amides is 1. The Morgan fingerprint density at radius 3 is 2.41 bits per heavy atom. The minimum absolute atomic E-state index is 0.307. The highest BCUT2D eigenvalue weighted by Gasteiger charge is 2.27. The van der Waals surface area contributed by atoms with E-state index in [0.29, 0.717) is 24.1 Å². The Morgan fingerprint density at radius 2 is 1.82 bits per heavy atom. The van der Waals surface area contributed by atoms with Crippen molar-refractivity contribution in [3.05, 3.63) is 0 Å². The summed E-state index contributed by atoms with van der Waals surface area (Å²) in [4.78, 5) is 13.6. The third-order valence-corrected chi connectivity index (χ3v) is 3.98. The van der Waals surface area contributed by atoms with Crippen molar-refractivity contribution in [1.82, 2.24) is 4.90 Å². The number of hydrogen-bond donors (Lipinski definition) is 0. The van der Waals surface area contributed by atoms with Gasteiger partial charge in [0.2, 0.25) is 5.91 Å². The molecule has 0 spiro atoms. The van der Waals surface area contributed by atoms with E-state index < -0.39 is 0 Å². The van der Waals surface area contributed by atoms with E-state index in [1.54, 1.807) is 0 Å². The molecule has 1 amide bonds. The molecule has 1 aliphatic heterocycles. The molecule has 17 heavy (non-hydrogen) atoms. The van der Waals surface area contributed by atoms with E-state index >= 15 is 0 Å². The van der Waals surface area contributed by atoms with Crippen molar-refractivity contribution in [3.63, 3.8) is 0 Å². The molecule has 0 aliphatic carbocycles. The number of hydrogen-bond acceptors (Lipinski definition) is 1. The molecule has 1 aliphatic rings. The first-order valence-electron chi connectivity index (χ1n) is 7.11. The van der Waals surface area contributed by atoms with Gasteiger partial charge in [0.25, 0.3) is 0 Å². The van der Waals surface area contributed by atoms with E-state index in [0.717, 1.165) is 19.5 Å². The molecule has 1 rings (SSSR count). The van der Waals surface area contributed by atoms with Crippen molar-refractivity contribution in [1.29, 1.82) is 0 Å². The topological polar surface area (TPSA) is 20.3 Å². The average molecular weight is 260 g/mol. The highest BCUT2D eigenvalue weighted by molar-refractivity contribution is 6.18. The maximum Gasteiger partial charge on any atom is 0.222 e. The van der Waals surface area contributed by atoms with Gasteiger partial charge in [-0.1, -0.05) is 45.4 Å². The van der Waals surface area contributed by atoms with Crippen LogP contribution in [0.2, 0.25) is 0 Å². The van der Waals surface area contributed by atoms with Crippen molar-refractivity contribution in [2.75, 3.05) is 19.0 Å². The fourth-order valence-electron chi connectivity index (χ4n) is 2.43. The number of nitrogens with zero attached hydrogens (tertiary/aromatic N) is 1. The lowest BCUT2D eigenvalue weighted by Crippen LogP contribution is -2.26. The van der Waals surface area contributed by atoms with Gasteiger partial charge in [-0.25, -0.2) is 0 Å². The molecule has 1 fully saturated rings. The number of likely N-dealkylation sites (tertiary alicyclic amines) is 1. The molecule has 0 bridgehead atoms. The smallest absolute Gasteiger partial charge is 0.222 e. The molecular formula is C14H26ClNO. The Labute approximate surface area is 111 Å². The Bertz CT molecular complexity index is 220. The lowest BCUT2D eigenvalue weighted by Gasteiger charge is -2.15. The summed E-state index contributed by atoms with van der Waals surface area (Å²) in [7, 11) is 0. The zero-order chi connectivity index (χ0) is 12.5. The van der Waals surface area contributed by atoms with Gasteiger partial charge in [-0.3, -0.25) is 4.79 Å². The van der Waals surface area contributed by atoms with Gasteiger partial charge in [0.15, 0.2) is 0 Å². The highest BCUT2D eigenvalue weighted by atomic mass is 35.5. The lowest BCUT2D eigenvalue weighted by molar-refractivity contribution is -0.127. The summed E-state index contributed by atoms with van der Waals surface area (Å²) < 4.78 is 0. The van der Waals surface area contributed by atoms with Crippen LogP contribution in [0.3, 0.4) is 0 Å². The molecule has 2 nitrogen and oxygen atoms in total. The first-order chi connectivity index (χ1) is 8.27. The maximum atomic E-state index is 11.6. The number of unbranched alkanes of at least 4 members (excludes halogenated alkanes) is 6. The standard InChI is InChI=1S/C14H26ClNO/c1-2-3-4-5-6-7-8-9-16-12-13(11-15)10-14(16)17/h13H,2-12H2,1H3. The molecule has 0 saturated carbocycles. The van der Waals surface area contributed by atoms with E-state index in [4.69, 9.17) is 11.6 Å². The van der Waals surface area contributed by atoms with Crippen LogP contribution in [0.5, 0.6) is 0 Å². The molecule has 0 radical (unpaired) electrons. The molecule has 3 heteroatoms. The van der Waals surface area contributed by atoms with Crippen LogP contribution in [-0.4, -0.2) is 29.8 Å². The predicted molar refractivity (Wildman–Crippen MR) is 73.4 cm³/mol. The van der Waals surface area contributed by atoms with Crippen LogP contribution in [0.25, 0.3) is 0 Å².